The maximum Gasteiger partial charge on any atom is 0.255 e. The Hall–Kier alpha value is -1.54. The molecule has 4 aliphatic heterocycles. The molecule has 1 aromatic carbocycles. The number of hydrogen-bond donors (Lipinski definition) is 2. The van der Waals surface area contributed by atoms with Gasteiger partial charge in [0.15, 0.2) is 0 Å². The van der Waals surface area contributed by atoms with Gasteiger partial charge in [0.05, 0.1) is 36.6 Å². The van der Waals surface area contributed by atoms with Crippen LogP contribution in [0.2, 0.25) is 5.02 Å². The second-order valence-electron chi connectivity index (χ2n) is 7.93. The van der Waals surface area contributed by atoms with Crippen molar-refractivity contribution in [2.75, 3.05) is 58.8 Å². The SMILES string of the molecule is COc1cc(N)c(Cl)cc1C(=O)NC1C2CCN(CC2)C1CN1CCOCC1. The van der Waals surface area contributed by atoms with E-state index >= 15 is 0 Å². The summed E-state index contributed by atoms with van der Waals surface area (Å²) in [6.45, 7) is 6.67. The van der Waals surface area contributed by atoms with Gasteiger partial charge in [-0.15, -0.1) is 0 Å². The van der Waals surface area contributed by atoms with Crippen LogP contribution in [0.15, 0.2) is 12.1 Å². The summed E-state index contributed by atoms with van der Waals surface area (Å²) in [4.78, 5) is 18.1. The second kappa shape index (κ2) is 8.45. The molecule has 4 heterocycles. The number of hydrogen-bond acceptors (Lipinski definition) is 6. The highest BCUT2D eigenvalue weighted by atomic mass is 35.5. The van der Waals surface area contributed by atoms with Gasteiger partial charge in [0.2, 0.25) is 0 Å². The van der Waals surface area contributed by atoms with Crippen molar-refractivity contribution in [1.82, 2.24) is 15.1 Å². The van der Waals surface area contributed by atoms with Crippen LogP contribution in [0.3, 0.4) is 0 Å². The summed E-state index contributed by atoms with van der Waals surface area (Å²) in [5, 5.41) is 3.68. The molecular formula is C20H29ClN4O3. The van der Waals surface area contributed by atoms with E-state index in [1.54, 1.807) is 12.1 Å². The van der Waals surface area contributed by atoms with Gasteiger partial charge in [-0.05, 0) is 37.9 Å². The van der Waals surface area contributed by atoms with Gasteiger partial charge in [0, 0.05) is 37.8 Å². The number of rotatable bonds is 5. The Balaban J connectivity index is 1.52. The molecule has 8 heteroatoms. The van der Waals surface area contributed by atoms with Gasteiger partial charge in [0.1, 0.15) is 5.75 Å². The van der Waals surface area contributed by atoms with Crippen LogP contribution in [0.25, 0.3) is 0 Å². The average Bonchev–Trinajstić information content (AvgIpc) is 2.72. The largest absolute Gasteiger partial charge is 0.496 e. The first-order valence-electron chi connectivity index (χ1n) is 10.0. The van der Waals surface area contributed by atoms with Crippen molar-refractivity contribution in [3.05, 3.63) is 22.7 Å². The zero-order chi connectivity index (χ0) is 19.7. The van der Waals surface area contributed by atoms with Crippen molar-refractivity contribution in [2.45, 2.75) is 24.9 Å². The number of amides is 1. The van der Waals surface area contributed by atoms with E-state index in [2.05, 4.69) is 15.1 Å². The molecule has 0 spiro atoms. The van der Waals surface area contributed by atoms with Crippen LogP contribution in [0.1, 0.15) is 23.2 Å². The van der Waals surface area contributed by atoms with E-state index in [1.807, 2.05) is 0 Å². The van der Waals surface area contributed by atoms with Gasteiger partial charge in [0.25, 0.3) is 5.91 Å². The molecule has 4 aliphatic rings. The number of benzene rings is 1. The topological polar surface area (TPSA) is 80.1 Å². The molecule has 0 saturated carbocycles. The number of carbonyl (C=O) groups is 1. The van der Waals surface area contributed by atoms with Crippen LogP contribution >= 0.6 is 11.6 Å². The van der Waals surface area contributed by atoms with Crippen molar-refractivity contribution >= 4 is 23.2 Å². The van der Waals surface area contributed by atoms with Gasteiger partial charge in [-0.25, -0.2) is 0 Å². The number of nitrogens with two attached hydrogens (primary N) is 1. The lowest BCUT2D eigenvalue weighted by Gasteiger charge is -2.52. The van der Waals surface area contributed by atoms with Crippen LogP contribution in [0.5, 0.6) is 5.75 Å². The molecular weight excluding hydrogens is 380 g/mol. The maximum absolute atomic E-state index is 13.1. The molecule has 154 valence electrons. The lowest BCUT2D eigenvalue weighted by atomic mass is 9.78. The van der Waals surface area contributed by atoms with Crippen LogP contribution in [0, 0.1) is 5.92 Å². The van der Waals surface area contributed by atoms with Gasteiger partial charge in [-0.2, -0.15) is 0 Å². The summed E-state index contributed by atoms with van der Waals surface area (Å²) in [5.74, 6) is 0.810. The van der Waals surface area contributed by atoms with Crippen molar-refractivity contribution in [2.24, 2.45) is 5.92 Å². The van der Waals surface area contributed by atoms with Crippen LogP contribution in [-0.2, 0) is 4.74 Å². The minimum Gasteiger partial charge on any atom is -0.496 e. The fraction of sp³-hybridized carbons (Fsp3) is 0.650. The zero-order valence-corrected chi connectivity index (χ0v) is 17.1. The van der Waals surface area contributed by atoms with E-state index in [0.717, 1.165) is 58.8 Å². The van der Waals surface area contributed by atoms with E-state index in [-0.39, 0.29) is 11.9 Å². The molecule has 2 unspecified atom stereocenters. The molecule has 0 radical (unpaired) electrons. The van der Waals surface area contributed by atoms with Gasteiger partial charge in [-0.3, -0.25) is 14.6 Å². The van der Waals surface area contributed by atoms with Gasteiger partial charge < -0.3 is 20.5 Å². The van der Waals surface area contributed by atoms with Gasteiger partial charge in [-0.1, -0.05) is 11.6 Å². The predicted molar refractivity (Wildman–Crippen MR) is 109 cm³/mol. The normalized spacial score (nSPS) is 30.2. The number of anilines is 1. The fourth-order valence-corrected chi connectivity index (χ4v) is 4.95. The first-order valence-corrected chi connectivity index (χ1v) is 10.4. The summed E-state index contributed by atoms with van der Waals surface area (Å²) in [7, 11) is 1.54. The molecule has 1 aromatic rings. The Bertz CT molecular complexity index is 718. The van der Waals surface area contributed by atoms with Crippen molar-refractivity contribution in [1.29, 1.82) is 0 Å². The smallest absolute Gasteiger partial charge is 0.255 e. The average molecular weight is 409 g/mol. The number of ether oxygens (including phenoxy) is 2. The minimum absolute atomic E-state index is 0.124. The third-order valence-electron chi connectivity index (χ3n) is 6.38. The molecule has 2 bridgehead atoms. The summed E-state index contributed by atoms with van der Waals surface area (Å²) >= 11 is 6.16. The number of morpholine rings is 1. The summed E-state index contributed by atoms with van der Waals surface area (Å²) in [6, 6.07) is 3.66. The fourth-order valence-electron chi connectivity index (χ4n) is 4.79. The highest BCUT2D eigenvalue weighted by Crippen LogP contribution is 2.34. The first-order chi connectivity index (χ1) is 13.6. The molecule has 5 rings (SSSR count). The number of nitrogens with zero attached hydrogens (tertiary/aromatic N) is 2. The number of carbonyl (C=O) groups excluding carboxylic acids is 1. The van der Waals surface area contributed by atoms with E-state index in [9.17, 15) is 4.79 Å². The molecule has 0 aliphatic carbocycles. The van der Waals surface area contributed by atoms with E-state index in [1.165, 1.54) is 7.11 Å². The number of halogens is 1. The van der Waals surface area contributed by atoms with E-state index in [4.69, 9.17) is 26.8 Å². The number of nitrogens with one attached hydrogen (secondary N) is 1. The Kier molecular flexibility index (Phi) is 5.96. The highest BCUT2D eigenvalue weighted by molar-refractivity contribution is 6.33. The molecule has 2 atom stereocenters. The number of fused-ring (bicyclic) bond motifs is 3. The predicted octanol–water partition coefficient (Wildman–Crippen LogP) is 1.46. The molecule has 3 N–H and O–H groups in total. The van der Waals surface area contributed by atoms with Crippen molar-refractivity contribution in [3.63, 3.8) is 0 Å². The third-order valence-corrected chi connectivity index (χ3v) is 6.70. The van der Waals surface area contributed by atoms with Crippen LogP contribution in [-0.4, -0.2) is 80.8 Å². The Labute approximate surface area is 171 Å². The Morgan fingerprint density at radius 3 is 2.68 bits per heavy atom. The highest BCUT2D eigenvalue weighted by Gasteiger charge is 2.43. The molecule has 1 amide bonds. The monoisotopic (exact) mass is 408 g/mol. The molecule has 4 saturated heterocycles. The minimum atomic E-state index is -0.149. The molecule has 28 heavy (non-hydrogen) atoms. The Morgan fingerprint density at radius 1 is 1.29 bits per heavy atom. The lowest BCUT2D eigenvalue weighted by Crippen LogP contribution is -2.66. The quantitative estimate of drug-likeness (QED) is 0.718. The second-order valence-corrected chi connectivity index (χ2v) is 8.33. The van der Waals surface area contributed by atoms with Crippen molar-refractivity contribution in [3.8, 4) is 5.75 Å². The van der Waals surface area contributed by atoms with E-state index < -0.39 is 0 Å². The zero-order valence-electron chi connectivity index (χ0n) is 16.3. The number of nitrogen functional groups attached to an aromatic ring is 1. The van der Waals surface area contributed by atoms with Gasteiger partial charge >= 0.3 is 0 Å². The maximum atomic E-state index is 13.1. The summed E-state index contributed by atoms with van der Waals surface area (Å²) < 4.78 is 10.9. The molecule has 4 fully saturated rings. The summed E-state index contributed by atoms with van der Waals surface area (Å²) in [6.07, 6.45) is 2.26. The Morgan fingerprint density at radius 2 is 2.00 bits per heavy atom. The standard InChI is InChI=1S/C20H29ClN4O3/c1-27-18-11-16(22)15(21)10-14(18)20(26)23-19-13-2-4-25(5-3-13)17(19)12-24-6-8-28-9-7-24/h10-11,13,17,19H,2-9,12,22H2,1H3,(H,23,26). The lowest BCUT2D eigenvalue weighted by molar-refractivity contribution is -0.0247. The molecule has 0 aromatic heterocycles. The first kappa shape index (κ1) is 19.8. The van der Waals surface area contributed by atoms with Crippen molar-refractivity contribution < 1.29 is 14.3 Å². The van der Waals surface area contributed by atoms with E-state index in [0.29, 0.717) is 34.0 Å². The molecule has 7 nitrogen and oxygen atoms in total. The number of methoxy groups -OCH3 is 1. The van der Waals surface area contributed by atoms with Crippen LogP contribution < -0.4 is 15.8 Å². The number of piperidine rings is 3. The third kappa shape index (κ3) is 3.94. The summed E-state index contributed by atoms with van der Waals surface area (Å²) in [5.41, 5.74) is 6.70. The van der Waals surface area contributed by atoms with Crippen LogP contribution in [0.4, 0.5) is 5.69 Å².